The van der Waals surface area contributed by atoms with Gasteiger partial charge in [-0.3, -0.25) is 4.79 Å². The van der Waals surface area contributed by atoms with Gasteiger partial charge < -0.3 is 10.3 Å². The maximum Gasteiger partial charge on any atom is 0.251 e. The molecule has 21 heavy (non-hydrogen) atoms. The highest BCUT2D eigenvalue weighted by Gasteiger charge is 2.10. The summed E-state index contributed by atoms with van der Waals surface area (Å²) in [6.45, 7) is 2.38. The highest BCUT2D eigenvalue weighted by atomic mass is 19.1. The Morgan fingerprint density at radius 3 is 2.81 bits per heavy atom. The molecule has 0 radical (unpaired) electrons. The molecule has 0 bridgehead atoms. The average Bonchev–Trinajstić information content (AvgIpc) is 2.80. The van der Waals surface area contributed by atoms with E-state index >= 15 is 0 Å². The van der Waals surface area contributed by atoms with E-state index in [1.54, 1.807) is 6.07 Å². The molecule has 2 N–H and O–H groups in total. The molecule has 1 aromatic heterocycles. The number of amides is 1. The molecule has 0 aliphatic carbocycles. The summed E-state index contributed by atoms with van der Waals surface area (Å²) in [5.74, 6) is -0.690. The van der Waals surface area contributed by atoms with Crippen molar-refractivity contribution in [1.82, 2.24) is 10.3 Å². The summed E-state index contributed by atoms with van der Waals surface area (Å²) < 4.78 is 13.1. The van der Waals surface area contributed by atoms with E-state index in [1.807, 2.05) is 31.2 Å². The first kappa shape index (κ1) is 13.4. The molecule has 1 heterocycles. The van der Waals surface area contributed by atoms with Crippen LogP contribution in [0, 0.1) is 12.7 Å². The molecular weight excluding hydrogens is 267 g/mol. The number of hydrogen-bond acceptors (Lipinski definition) is 1. The molecule has 3 aromatic rings. The van der Waals surface area contributed by atoms with Crippen LogP contribution in [-0.2, 0) is 6.54 Å². The van der Waals surface area contributed by atoms with Crippen LogP contribution >= 0.6 is 0 Å². The van der Waals surface area contributed by atoms with Crippen LogP contribution in [0.3, 0.4) is 0 Å². The van der Waals surface area contributed by atoms with Gasteiger partial charge in [0, 0.05) is 28.7 Å². The van der Waals surface area contributed by atoms with Crippen molar-refractivity contribution in [2.75, 3.05) is 0 Å². The standard InChI is InChI=1S/C17H15FN2O/c1-11-15(14-7-2-3-8-16(14)20-11)10-19-17(21)12-5-4-6-13(18)9-12/h2-9,20H,10H2,1H3,(H,19,21). The van der Waals surface area contributed by atoms with Crippen LogP contribution < -0.4 is 5.32 Å². The van der Waals surface area contributed by atoms with Gasteiger partial charge in [-0.05, 0) is 36.8 Å². The lowest BCUT2D eigenvalue weighted by molar-refractivity contribution is 0.0950. The number of aryl methyl sites for hydroxylation is 1. The summed E-state index contributed by atoms with van der Waals surface area (Å²) >= 11 is 0. The molecule has 3 rings (SSSR count). The summed E-state index contributed by atoms with van der Waals surface area (Å²) in [5.41, 5.74) is 3.45. The van der Waals surface area contributed by atoms with Gasteiger partial charge in [-0.2, -0.15) is 0 Å². The smallest absolute Gasteiger partial charge is 0.251 e. The number of halogens is 1. The van der Waals surface area contributed by atoms with Gasteiger partial charge in [0.25, 0.3) is 5.91 Å². The molecule has 0 saturated carbocycles. The van der Waals surface area contributed by atoms with Gasteiger partial charge in [-0.25, -0.2) is 4.39 Å². The van der Waals surface area contributed by atoms with Crippen LogP contribution in [0.1, 0.15) is 21.6 Å². The Kier molecular flexibility index (Phi) is 3.44. The molecule has 2 aromatic carbocycles. The summed E-state index contributed by atoms with van der Waals surface area (Å²) in [6, 6.07) is 13.6. The van der Waals surface area contributed by atoms with Crippen molar-refractivity contribution < 1.29 is 9.18 Å². The number of benzene rings is 2. The number of carbonyl (C=O) groups excluding carboxylic acids is 1. The van der Waals surface area contributed by atoms with Crippen molar-refractivity contribution in [3.05, 3.63) is 71.2 Å². The number of rotatable bonds is 3. The van der Waals surface area contributed by atoms with Crippen LogP contribution in [0.2, 0.25) is 0 Å². The SMILES string of the molecule is Cc1[nH]c2ccccc2c1CNC(=O)c1cccc(F)c1. The van der Waals surface area contributed by atoms with Crippen LogP contribution in [0.15, 0.2) is 48.5 Å². The first-order chi connectivity index (χ1) is 10.1. The third kappa shape index (κ3) is 2.65. The number of carbonyl (C=O) groups is 1. The van der Waals surface area contributed by atoms with Crippen LogP contribution in [0.4, 0.5) is 4.39 Å². The van der Waals surface area contributed by atoms with Crippen molar-refractivity contribution in [2.24, 2.45) is 0 Å². The van der Waals surface area contributed by atoms with Crippen LogP contribution in [-0.4, -0.2) is 10.9 Å². The van der Waals surface area contributed by atoms with Gasteiger partial charge in [0.15, 0.2) is 0 Å². The Hall–Kier alpha value is -2.62. The fourth-order valence-corrected chi connectivity index (χ4v) is 2.46. The Labute approximate surface area is 121 Å². The van der Waals surface area contributed by atoms with E-state index in [2.05, 4.69) is 10.3 Å². The maximum atomic E-state index is 13.1. The minimum Gasteiger partial charge on any atom is -0.358 e. The van der Waals surface area contributed by atoms with Crippen molar-refractivity contribution in [3.8, 4) is 0 Å². The number of aromatic nitrogens is 1. The van der Waals surface area contributed by atoms with E-state index in [1.165, 1.54) is 18.2 Å². The summed E-state index contributed by atoms with van der Waals surface area (Å²) in [7, 11) is 0. The fraction of sp³-hybridized carbons (Fsp3) is 0.118. The summed E-state index contributed by atoms with van der Waals surface area (Å²) in [5, 5.41) is 3.93. The highest BCUT2D eigenvalue weighted by Crippen LogP contribution is 2.21. The lowest BCUT2D eigenvalue weighted by Crippen LogP contribution is -2.23. The zero-order valence-electron chi connectivity index (χ0n) is 11.6. The Balaban J connectivity index is 1.80. The molecular formula is C17H15FN2O. The van der Waals surface area contributed by atoms with Gasteiger partial charge in [0.1, 0.15) is 5.82 Å². The van der Waals surface area contributed by atoms with Gasteiger partial charge in [-0.1, -0.05) is 24.3 Å². The minimum absolute atomic E-state index is 0.279. The lowest BCUT2D eigenvalue weighted by atomic mass is 10.1. The molecule has 0 aliphatic heterocycles. The predicted octanol–water partition coefficient (Wildman–Crippen LogP) is 3.55. The predicted molar refractivity (Wildman–Crippen MR) is 80.6 cm³/mol. The lowest BCUT2D eigenvalue weighted by Gasteiger charge is -2.06. The Morgan fingerprint density at radius 2 is 2.00 bits per heavy atom. The molecule has 0 aliphatic rings. The number of nitrogens with one attached hydrogen (secondary N) is 2. The second-order valence-electron chi connectivity index (χ2n) is 4.97. The number of H-pyrrole nitrogens is 1. The summed E-state index contributed by atoms with van der Waals surface area (Å²) in [4.78, 5) is 15.3. The quantitative estimate of drug-likeness (QED) is 0.758. The molecule has 106 valence electrons. The first-order valence-corrected chi connectivity index (χ1v) is 6.75. The fourth-order valence-electron chi connectivity index (χ4n) is 2.46. The summed E-state index contributed by atoms with van der Waals surface area (Å²) in [6.07, 6.45) is 0. The molecule has 0 unspecified atom stereocenters. The number of para-hydroxylation sites is 1. The normalized spacial score (nSPS) is 10.8. The zero-order chi connectivity index (χ0) is 14.8. The maximum absolute atomic E-state index is 13.1. The Bertz CT molecular complexity index is 807. The zero-order valence-corrected chi connectivity index (χ0v) is 11.6. The molecule has 0 fully saturated rings. The van der Waals surface area contributed by atoms with Gasteiger partial charge in [0.2, 0.25) is 0 Å². The van der Waals surface area contributed by atoms with E-state index in [-0.39, 0.29) is 5.91 Å². The highest BCUT2D eigenvalue weighted by molar-refractivity contribution is 5.94. The van der Waals surface area contributed by atoms with Crippen LogP contribution in [0.5, 0.6) is 0 Å². The van der Waals surface area contributed by atoms with E-state index in [4.69, 9.17) is 0 Å². The topological polar surface area (TPSA) is 44.9 Å². The molecule has 0 saturated heterocycles. The average molecular weight is 282 g/mol. The van der Waals surface area contributed by atoms with E-state index in [0.29, 0.717) is 12.1 Å². The largest absolute Gasteiger partial charge is 0.358 e. The molecule has 4 heteroatoms. The van der Waals surface area contributed by atoms with E-state index in [9.17, 15) is 9.18 Å². The third-order valence-electron chi connectivity index (χ3n) is 3.54. The third-order valence-corrected chi connectivity index (χ3v) is 3.54. The molecule has 1 amide bonds. The molecule has 3 nitrogen and oxygen atoms in total. The van der Waals surface area contributed by atoms with Gasteiger partial charge >= 0.3 is 0 Å². The van der Waals surface area contributed by atoms with Crippen LogP contribution in [0.25, 0.3) is 10.9 Å². The monoisotopic (exact) mass is 282 g/mol. The minimum atomic E-state index is -0.411. The Morgan fingerprint density at radius 1 is 1.19 bits per heavy atom. The molecule has 0 atom stereocenters. The van der Waals surface area contributed by atoms with Gasteiger partial charge in [-0.15, -0.1) is 0 Å². The van der Waals surface area contributed by atoms with Crippen molar-refractivity contribution in [1.29, 1.82) is 0 Å². The van der Waals surface area contributed by atoms with Gasteiger partial charge in [0.05, 0.1) is 0 Å². The number of hydrogen-bond donors (Lipinski definition) is 2. The van der Waals surface area contributed by atoms with Crippen molar-refractivity contribution >= 4 is 16.8 Å². The van der Waals surface area contributed by atoms with E-state index in [0.717, 1.165) is 22.2 Å². The first-order valence-electron chi connectivity index (χ1n) is 6.75. The van der Waals surface area contributed by atoms with E-state index < -0.39 is 5.82 Å². The number of aromatic amines is 1. The second-order valence-corrected chi connectivity index (χ2v) is 4.97. The second kappa shape index (κ2) is 5.40. The molecule has 0 spiro atoms. The van der Waals surface area contributed by atoms with Crippen molar-refractivity contribution in [3.63, 3.8) is 0 Å². The van der Waals surface area contributed by atoms with Crippen molar-refractivity contribution in [2.45, 2.75) is 13.5 Å². The number of fused-ring (bicyclic) bond motifs is 1.